The van der Waals surface area contributed by atoms with Crippen molar-refractivity contribution in [3.05, 3.63) is 42.1 Å². The van der Waals surface area contributed by atoms with Gasteiger partial charge in [0.15, 0.2) is 0 Å². The van der Waals surface area contributed by atoms with Crippen molar-refractivity contribution < 1.29 is 9.90 Å². The topological polar surface area (TPSA) is 90.4 Å². The van der Waals surface area contributed by atoms with Gasteiger partial charge in [0.25, 0.3) is 0 Å². The summed E-state index contributed by atoms with van der Waals surface area (Å²) in [6.07, 6.45) is 6.53. The number of phenolic OH excluding ortho intramolecular Hbond substituents is 1. The third kappa shape index (κ3) is 5.58. The number of hydrogen-bond acceptors (Lipinski definition) is 6. The molecule has 1 aromatic heterocycles. The zero-order chi connectivity index (χ0) is 19.9. The standard InChI is InChI=1S/C21H29N5O2/c1-26(2)19-13-14-22-21(25-19)24-17-10-8-16(9-11-17)23-20(28)12-7-15-5-3-4-6-18(15)27/h3-6,13-14,16-17,27H,7-12H2,1-2H3,(H,23,28)(H,22,24,25). The van der Waals surface area contributed by atoms with Crippen LogP contribution in [0.15, 0.2) is 36.5 Å². The second-order valence-electron chi connectivity index (χ2n) is 7.52. The van der Waals surface area contributed by atoms with Gasteiger partial charge in [-0.15, -0.1) is 0 Å². The smallest absolute Gasteiger partial charge is 0.224 e. The molecule has 1 fully saturated rings. The highest BCUT2D eigenvalue weighted by atomic mass is 16.3. The quantitative estimate of drug-likeness (QED) is 0.681. The van der Waals surface area contributed by atoms with E-state index in [-0.39, 0.29) is 17.7 Å². The number of phenols is 1. The molecule has 7 heteroatoms. The molecular weight excluding hydrogens is 354 g/mol. The van der Waals surface area contributed by atoms with Crippen LogP contribution < -0.4 is 15.5 Å². The zero-order valence-corrected chi connectivity index (χ0v) is 16.6. The second kappa shape index (κ2) is 9.39. The van der Waals surface area contributed by atoms with Crippen molar-refractivity contribution in [2.24, 2.45) is 0 Å². The number of carbonyl (C=O) groups excluding carboxylic acids is 1. The Kier molecular flexibility index (Phi) is 6.68. The summed E-state index contributed by atoms with van der Waals surface area (Å²) in [6.45, 7) is 0. The van der Waals surface area contributed by atoms with Gasteiger partial charge in [0.1, 0.15) is 11.6 Å². The molecule has 0 unspecified atom stereocenters. The first kappa shape index (κ1) is 19.9. The van der Waals surface area contributed by atoms with Crippen LogP contribution in [0.4, 0.5) is 11.8 Å². The molecule has 0 bridgehead atoms. The van der Waals surface area contributed by atoms with Gasteiger partial charge >= 0.3 is 0 Å². The maximum absolute atomic E-state index is 12.2. The van der Waals surface area contributed by atoms with Gasteiger partial charge in [-0.05, 0) is 49.8 Å². The lowest BCUT2D eigenvalue weighted by atomic mass is 9.91. The van der Waals surface area contributed by atoms with E-state index in [0.717, 1.165) is 37.1 Å². The molecule has 7 nitrogen and oxygen atoms in total. The van der Waals surface area contributed by atoms with Crippen molar-refractivity contribution in [1.29, 1.82) is 0 Å². The Morgan fingerprint density at radius 3 is 2.57 bits per heavy atom. The van der Waals surface area contributed by atoms with E-state index in [1.54, 1.807) is 18.3 Å². The summed E-state index contributed by atoms with van der Waals surface area (Å²) < 4.78 is 0. The minimum absolute atomic E-state index is 0.0432. The Morgan fingerprint density at radius 2 is 1.86 bits per heavy atom. The van der Waals surface area contributed by atoms with Gasteiger partial charge in [0.2, 0.25) is 11.9 Å². The number of para-hydroxylation sites is 1. The number of rotatable bonds is 7. The van der Waals surface area contributed by atoms with Crippen LogP contribution in [0.5, 0.6) is 5.75 Å². The third-order valence-corrected chi connectivity index (χ3v) is 5.14. The van der Waals surface area contributed by atoms with Gasteiger partial charge in [0.05, 0.1) is 0 Å². The monoisotopic (exact) mass is 383 g/mol. The summed E-state index contributed by atoms with van der Waals surface area (Å²) in [5.74, 6) is 1.83. The van der Waals surface area contributed by atoms with E-state index in [2.05, 4.69) is 20.6 Å². The molecule has 0 saturated heterocycles. The van der Waals surface area contributed by atoms with Crippen molar-refractivity contribution in [3.63, 3.8) is 0 Å². The van der Waals surface area contributed by atoms with Crippen molar-refractivity contribution in [3.8, 4) is 5.75 Å². The molecule has 0 spiro atoms. The fourth-order valence-corrected chi connectivity index (χ4v) is 3.50. The van der Waals surface area contributed by atoms with Gasteiger partial charge < -0.3 is 20.6 Å². The van der Waals surface area contributed by atoms with E-state index < -0.39 is 0 Å². The van der Waals surface area contributed by atoms with E-state index >= 15 is 0 Å². The Bertz CT molecular complexity index is 788. The van der Waals surface area contributed by atoms with Crippen molar-refractivity contribution in [1.82, 2.24) is 15.3 Å². The Morgan fingerprint density at radius 1 is 1.14 bits per heavy atom. The lowest BCUT2D eigenvalue weighted by Gasteiger charge is -2.29. The summed E-state index contributed by atoms with van der Waals surface area (Å²) >= 11 is 0. The normalized spacial score (nSPS) is 19.1. The lowest BCUT2D eigenvalue weighted by Crippen LogP contribution is -2.40. The molecular formula is C21H29N5O2. The molecule has 1 saturated carbocycles. The summed E-state index contributed by atoms with van der Waals surface area (Å²) in [5, 5.41) is 16.3. The van der Waals surface area contributed by atoms with Crippen LogP contribution in [-0.4, -0.2) is 47.2 Å². The molecule has 3 N–H and O–H groups in total. The van der Waals surface area contributed by atoms with E-state index in [1.807, 2.05) is 37.2 Å². The van der Waals surface area contributed by atoms with Gasteiger partial charge in [-0.1, -0.05) is 18.2 Å². The van der Waals surface area contributed by atoms with E-state index in [4.69, 9.17) is 0 Å². The largest absolute Gasteiger partial charge is 0.508 e. The average Bonchev–Trinajstić information content (AvgIpc) is 2.69. The third-order valence-electron chi connectivity index (χ3n) is 5.14. The summed E-state index contributed by atoms with van der Waals surface area (Å²) in [7, 11) is 3.91. The minimum Gasteiger partial charge on any atom is -0.508 e. The number of aryl methyl sites for hydroxylation is 1. The number of aromatic nitrogens is 2. The van der Waals surface area contributed by atoms with Crippen molar-refractivity contribution in [2.45, 2.75) is 50.6 Å². The number of hydrogen-bond donors (Lipinski definition) is 3. The van der Waals surface area contributed by atoms with Crippen LogP contribution in [0, 0.1) is 0 Å². The molecule has 1 aliphatic rings. The first-order valence-corrected chi connectivity index (χ1v) is 9.84. The van der Waals surface area contributed by atoms with Crippen LogP contribution in [0.25, 0.3) is 0 Å². The van der Waals surface area contributed by atoms with Crippen LogP contribution in [0.1, 0.15) is 37.7 Å². The maximum Gasteiger partial charge on any atom is 0.224 e. The van der Waals surface area contributed by atoms with Gasteiger partial charge in [0, 0.05) is 38.8 Å². The summed E-state index contributed by atoms with van der Waals surface area (Å²) in [5.41, 5.74) is 0.811. The van der Waals surface area contributed by atoms with Crippen molar-refractivity contribution >= 4 is 17.7 Å². The first-order valence-electron chi connectivity index (χ1n) is 9.84. The van der Waals surface area contributed by atoms with E-state index in [0.29, 0.717) is 24.8 Å². The molecule has 2 aromatic rings. The van der Waals surface area contributed by atoms with E-state index in [9.17, 15) is 9.90 Å². The van der Waals surface area contributed by atoms with Crippen LogP contribution in [0.3, 0.4) is 0 Å². The van der Waals surface area contributed by atoms with Crippen LogP contribution in [0.2, 0.25) is 0 Å². The van der Waals surface area contributed by atoms with Crippen LogP contribution >= 0.6 is 0 Å². The minimum atomic E-state index is 0.0432. The Balaban J connectivity index is 1.41. The molecule has 1 amide bonds. The Hall–Kier alpha value is -2.83. The molecule has 1 aromatic carbocycles. The number of nitrogens with one attached hydrogen (secondary N) is 2. The Labute approximate surface area is 166 Å². The molecule has 0 radical (unpaired) electrons. The van der Waals surface area contributed by atoms with Gasteiger partial charge in [-0.3, -0.25) is 4.79 Å². The highest BCUT2D eigenvalue weighted by molar-refractivity contribution is 5.76. The molecule has 1 aliphatic carbocycles. The fourth-order valence-electron chi connectivity index (χ4n) is 3.50. The van der Waals surface area contributed by atoms with Gasteiger partial charge in [-0.2, -0.15) is 4.98 Å². The number of amides is 1. The van der Waals surface area contributed by atoms with Crippen molar-refractivity contribution in [2.75, 3.05) is 24.3 Å². The molecule has 0 atom stereocenters. The first-order chi connectivity index (χ1) is 13.5. The molecule has 150 valence electrons. The predicted octanol–water partition coefficient (Wildman–Crippen LogP) is 2.72. The summed E-state index contributed by atoms with van der Waals surface area (Å²) in [4.78, 5) is 23.0. The molecule has 28 heavy (non-hydrogen) atoms. The zero-order valence-electron chi connectivity index (χ0n) is 16.6. The highest BCUT2D eigenvalue weighted by Gasteiger charge is 2.23. The average molecular weight is 383 g/mol. The number of benzene rings is 1. The second-order valence-corrected chi connectivity index (χ2v) is 7.52. The lowest BCUT2D eigenvalue weighted by molar-refractivity contribution is -0.122. The van der Waals surface area contributed by atoms with E-state index in [1.165, 1.54) is 0 Å². The van der Waals surface area contributed by atoms with Crippen LogP contribution in [-0.2, 0) is 11.2 Å². The number of anilines is 2. The number of carbonyl (C=O) groups is 1. The maximum atomic E-state index is 12.2. The number of nitrogens with zero attached hydrogens (tertiary/aromatic N) is 3. The highest BCUT2D eigenvalue weighted by Crippen LogP contribution is 2.22. The molecule has 1 heterocycles. The molecule has 0 aliphatic heterocycles. The predicted molar refractivity (Wildman–Crippen MR) is 111 cm³/mol. The fraction of sp³-hybridized carbons (Fsp3) is 0.476. The summed E-state index contributed by atoms with van der Waals surface area (Å²) in [6, 6.07) is 9.58. The molecule has 3 rings (SSSR count). The number of aromatic hydroxyl groups is 1. The van der Waals surface area contributed by atoms with Gasteiger partial charge in [-0.25, -0.2) is 4.98 Å². The SMILES string of the molecule is CN(C)c1ccnc(NC2CCC(NC(=O)CCc3ccccc3O)CC2)n1.